The first kappa shape index (κ1) is 13.3. The lowest BCUT2D eigenvalue weighted by Crippen LogP contribution is -2.21. The molecule has 1 aliphatic rings. The third-order valence-electron chi connectivity index (χ3n) is 2.93. The molecule has 1 unspecified atom stereocenters. The number of nitrogens with zero attached hydrogens (tertiary/aromatic N) is 2. The molecule has 0 aliphatic carbocycles. The number of hydrogen-bond acceptors (Lipinski definition) is 6. The minimum Gasteiger partial charge on any atom is -0.380 e. The Balaban J connectivity index is 2.22. The quantitative estimate of drug-likeness (QED) is 0.654. The highest BCUT2D eigenvalue weighted by Crippen LogP contribution is 2.24. The van der Waals surface area contributed by atoms with Gasteiger partial charge in [-0.15, -0.1) is 0 Å². The highest BCUT2D eigenvalue weighted by Gasteiger charge is 2.28. The molecular formula is C11H11N3O4S. The minimum atomic E-state index is -3.01. The predicted octanol–water partition coefficient (Wildman–Crippen LogP) is 1.07. The standard InChI is InChI=1S/C11H11N3O4S/c12-6-8-5-10(14(15)16)1-2-11(8)13-9-3-4-19(17,18)7-9/h1-2,5,9,13H,3-4,7H2. The van der Waals surface area contributed by atoms with E-state index >= 15 is 0 Å². The molecule has 1 fully saturated rings. The Labute approximate surface area is 109 Å². The molecule has 19 heavy (non-hydrogen) atoms. The monoisotopic (exact) mass is 281 g/mol. The van der Waals surface area contributed by atoms with Gasteiger partial charge in [0.15, 0.2) is 9.84 Å². The summed E-state index contributed by atoms with van der Waals surface area (Å²) >= 11 is 0. The normalized spacial score (nSPS) is 20.7. The van der Waals surface area contributed by atoms with Crippen molar-refractivity contribution in [2.45, 2.75) is 12.5 Å². The van der Waals surface area contributed by atoms with Gasteiger partial charge in [-0.1, -0.05) is 0 Å². The number of nitro benzene ring substituents is 1. The number of hydrogen-bond donors (Lipinski definition) is 1. The van der Waals surface area contributed by atoms with Gasteiger partial charge in [0, 0.05) is 18.2 Å². The van der Waals surface area contributed by atoms with Gasteiger partial charge >= 0.3 is 0 Å². The van der Waals surface area contributed by atoms with Crippen LogP contribution in [-0.4, -0.2) is 30.9 Å². The van der Waals surface area contributed by atoms with E-state index in [1.807, 2.05) is 6.07 Å². The number of nitro groups is 1. The van der Waals surface area contributed by atoms with Crippen molar-refractivity contribution in [1.29, 1.82) is 5.26 Å². The molecule has 1 saturated heterocycles. The van der Waals surface area contributed by atoms with Gasteiger partial charge < -0.3 is 5.32 Å². The fraction of sp³-hybridized carbons (Fsp3) is 0.364. The van der Waals surface area contributed by atoms with Gasteiger partial charge in [0.1, 0.15) is 6.07 Å². The number of benzene rings is 1. The maximum absolute atomic E-state index is 11.3. The second-order valence-electron chi connectivity index (χ2n) is 4.34. The lowest BCUT2D eigenvalue weighted by molar-refractivity contribution is -0.384. The Hall–Kier alpha value is -2.14. The van der Waals surface area contributed by atoms with Crippen LogP contribution in [0.1, 0.15) is 12.0 Å². The van der Waals surface area contributed by atoms with Gasteiger partial charge in [0.2, 0.25) is 0 Å². The molecule has 1 aliphatic heterocycles. The molecular weight excluding hydrogens is 270 g/mol. The van der Waals surface area contributed by atoms with Crippen LogP contribution in [0, 0.1) is 21.4 Å². The van der Waals surface area contributed by atoms with E-state index in [4.69, 9.17) is 5.26 Å². The summed E-state index contributed by atoms with van der Waals surface area (Å²) in [6, 6.07) is 5.51. The zero-order valence-electron chi connectivity index (χ0n) is 9.87. The van der Waals surface area contributed by atoms with Crippen molar-refractivity contribution >= 4 is 21.2 Å². The van der Waals surface area contributed by atoms with Crippen LogP contribution in [0.5, 0.6) is 0 Å². The van der Waals surface area contributed by atoms with E-state index in [0.717, 1.165) is 0 Å². The van der Waals surface area contributed by atoms with Gasteiger partial charge in [0.25, 0.3) is 5.69 Å². The van der Waals surface area contributed by atoms with Crippen molar-refractivity contribution in [3.8, 4) is 6.07 Å². The smallest absolute Gasteiger partial charge is 0.270 e. The number of anilines is 1. The number of sulfone groups is 1. The van der Waals surface area contributed by atoms with Gasteiger partial charge in [0.05, 0.1) is 27.7 Å². The lowest BCUT2D eigenvalue weighted by atomic mass is 10.1. The molecule has 0 aromatic heterocycles. The Morgan fingerprint density at radius 1 is 1.47 bits per heavy atom. The van der Waals surface area contributed by atoms with Gasteiger partial charge in [-0.05, 0) is 12.5 Å². The summed E-state index contributed by atoms with van der Waals surface area (Å²) in [7, 11) is -3.01. The molecule has 7 nitrogen and oxygen atoms in total. The molecule has 0 amide bonds. The summed E-state index contributed by atoms with van der Waals surface area (Å²) in [6.45, 7) is 0. The second kappa shape index (κ2) is 4.85. The molecule has 0 spiro atoms. The van der Waals surface area contributed by atoms with Crippen LogP contribution in [0.25, 0.3) is 0 Å². The predicted molar refractivity (Wildman–Crippen MR) is 68.5 cm³/mol. The average Bonchev–Trinajstić information content (AvgIpc) is 2.69. The fourth-order valence-corrected chi connectivity index (χ4v) is 3.67. The minimum absolute atomic E-state index is 0.0227. The van der Waals surface area contributed by atoms with Gasteiger partial charge in [-0.2, -0.15) is 5.26 Å². The first-order valence-electron chi connectivity index (χ1n) is 5.57. The Morgan fingerprint density at radius 3 is 2.74 bits per heavy atom. The van der Waals surface area contributed by atoms with Crippen LogP contribution in [-0.2, 0) is 9.84 Å². The number of nitriles is 1. The Morgan fingerprint density at radius 2 is 2.21 bits per heavy atom. The zero-order chi connectivity index (χ0) is 14.0. The molecule has 1 N–H and O–H groups in total. The number of rotatable bonds is 3. The molecule has 0 bridgehead atoms. The van der Waals surface area contributed by atoms with E-state index in [9.17, 15) is 18.5 Å². The van der Waals surface area contributed by atoms with Crippen LogP contribution in [0.3, 0.4) is 0 Å². The van der Waals surface area contributed by atoms with E-state index < -0.39 is 14.8 Å². The summed E-state index contributed by atoms with van der Waals surface area (Å²) in [5.41, 5.74) is 0.398. The maximum atomic E-state index is 11.3. The molecule has 8 heteroatoms. The average molecular weight is 281 g/mol. The van der Waals surface area contributed by atoms with Crippen molar-refractivity contribution in [3.05, 3.63) is 33.9 Å². The molecule has 1 heterocycles. The first-order chi connectivity index (χ1) is 8.91. The summed E-state index contributed by atoms with van der Waals surface area (Å²) in [5, 5.41) is 22.5. The molecule has 1 atom stereocenters. The summed E-state index contributed by atoms with van der Waals surface area (Å²) < 4.78 is 22.7. The van der Waals surface area contributed by atoms with E-state index in [1.54, 1.807) is 0 Å². The van der Waals surface area contributed by atoms with Crippen molar-refractivity contribution < 1.29 is 13.3 Å². The first-order valence-corrected chi connectivity index (χ1v) is 7.39. The summed E-state index contributed by atoms with van der Waals surface area (Å²) in [6.07, 6.45) is 0.476. The number of non-ortho nitro benzene ring substituents is 1. The van der Waals surface area contributed by atoms with Crippen molar-refractivity contribution in [2.75, 3.05) is 16.8 Å². The van der Waals surface area contributed by atoms with Crippen molar-refractivity contribution in [3.63, 3.8) is 0 Å². The van der Waals surface area contributed by atoms with Crippen LogP contribution < -0.4 is 5.32 Å². The lowest BCUT2D eigenvalue weighted by Gasteiger charge is -2.13. The SMILES string of the molecule is N#Cc1cc([N+](=O)[O-])ccc1NC1CCS(=O)(=O)C1. The number of nitrogens with one attached hydrogen (secondary N) is 1. The van der Waals surface area contributed by atoms with Gasteiger partial charge in [-0.3, -0.25) is 10.1 Å². The van der Waals surface area contributed by atoms with Gasteiger partial charge in [-0.25, -0.2) is 8.42 Å². The molecule has 2 rings (SSSR count). The summed E-state index contributed by atoms with van der Waals surface area (Å²) in [5.74, 6) is 0.147. The Kier molecular flexibility index (Phi) is 3.40. The van der Waals surface area contributed by atoms with Crippen molar-refractivity contribution in [2.24, 2.45) is 0 Å². The van der Waals surface area contributed by atoms with Crippen LogP contribution in [0.15, 0.2) is 18.2 Å². The molecule has 0 saturated carbocycles. The zero-order valence-corrected chi connectivity index (χ0v) is 10.7. The van der Waals surface area contributed by atoms with Crippen LogP contribution in [0.4, 0.5) is 11.4 Å². The van der Waals surface area contributed by atoms with E-state index in [0.29, 0.717) is 12.1 Å². The second-order valence-corrected chi connectivity index (χ2v) is 6.57. The topological polar surface area (TPSA) is 113 Å². The van der Waals surface area contributed by atoms with E-state index in [-0.39, 0.29) is 28.8 Å². The molecule has 0 radical (unpaired) electrons. The van der Waals surface area contributed by atoms with Crippen LogP contribution in [0.2, 0.25) is 0 Å². The largest absolute Gasteiger partial charge is 0.380 e. The van der Waals surface area contributed by atoms with Crippen LogP contribution >= 0.6 is 0 Å². The highest BCUT2D eigenvalue weighted by molar-refractivity contribution is 7.91. The fourth-order valence-electron chi connectivity index (χ4n) is 1.99. The molecule has 1 aromatic carbocycles. The van der Waals surface area contributed by atoms with E-state index in [1.165, 1.54) is 18.2 Å². The van der Waals surface area contributed by atoms with Crippen molar-refractivity contribution in [1.82, 2.24) is 0 Å². The molecule has 100 valence electrons. The maximum Gasteiger partial charge on any atom is 0.270 e. The Bertz CT molecular complexity index is 663. The summed E-state index contributed by atoms with van der Waals surface area (Å²) in [4.78, 5) is 10.0. The third-order valence-corrected chi connectivity index (χ3v) is 4.69. The van der Waals surface area contributed by atoms with E-state index in [2.05, 4.69) is 5.32 Å². The third kappa shape index (κ3) is 3.00. The molecule has 1 aromatic rings. The highest BCUT2D eigenvalue weighted by atomic mass is 32.2.